The van der Waals surface area contributed by atoms with Crippen LogP contribution in [0.1, 0.15) is 70.2 Å². The van der Waals surface area contributed by atoms with E-state index in [2.05, 4.69) is 21.9 Å². The van der Waals surface area contributed by atoms with Crippen molar-refractivity contribution in [3.05, 3.63) is 23.7 Å². The first-order chi connectivity index (χ1) is 13.7. The minimum atomic E-state index is -2.67. The smallest absolute Gasteiger partial charge is 0.260 e. The van der Waals surface area contributed by atoms with Gasteiger partial charge in [-0.05, 0) is 38.2 Å². The highest BCUT2D eigenvalue weighted by molar-refractivity contribution is 6.00. The van der Waals surface area contributed by atoms with Crippen molar-refractivity contribution in [3.8, 4) is 0 Å². The number of aliphatic hydroxyl groups excluding tert-OH is 1. The number of aliphatic imine (C=N–C) groups is 1. The van der Waals surface area contributed by atoms with Gasteiger partial charge in [0.25, 0.3) is 5.92 Å². The van der Waals surface area contributed by atoms with Crippen molar-refractivity contribution >= 4 is 16.9 Å². The molecule has 2 aliphatic carbocycles. The van der Waals surface area contributed by atoms with Gasteiger partial charge in [0.05, 0.1) is 30.0 Å². The lowest BCUT2D eigenvalue weighted by atomic mass is 10.1. The minimum Gasteiger partial charge on any atom is -0.394 e. The third-order valence-electron chi connectivity index (χ3n) is 6.47. The summed E-state index contributed by atoms with van der Waals surface area (Å²) in [4.78, 5) is 13.7. The lowest BCUT2D eigenvalue weighted by Gasteiger charge is -2.11. The zero-order valence-corrected chi connectivity index (χ0v) is 17.5. The van der Waals surface area contributed by atoms with Crippen LogP contribution in [0.2, 0.25) is 0 Å². The Bertz CT molecular complexity index is 934. The topological polar surface area (TPSA) is 63.3 Å². The average Bonchev–Trinajstić information content (AvgIpc) is 3.56. The number of aryl methyl sites for hydroxylation is 1. The fourth-order valence-corrected chi connectivity index (χ4v) is 3.94. The number of nitrogens with zero attached hydrogens (tertiary/aromatic N) is 4. The number of hydrogen-bond acceptors (Lipinski definition) is 4. The standard InChI is InChI=1S/C18H22F2N4O.C4H8/c1-17(10-18(17,19)20)15-7-13-16(24(15)2)23-14(8-21-13)12-6-4-3-5-11(9-25)22-12;1-4-2-3-4/h7-8,11,25H,3-6,9-10H2,1-2H3;4H,2-3H2,1H3. The summed E-state index contributed by atoms with van der Waals surface area (Å²) in [6.45, 7) is 3.89. The fraction of sp³-hybridized carbons (Fsp3) is 0.682. The molecule has 1 aliphatic heterocycles. The molecule has 0 amide bonds. The van der Waals surface area contributed by atoms with Gasteiger partial charge in [-0.1, -0.05) is 26.2 Å². The number of alkyl halides is 2. The van der Waals surface area contributed by atoms with Crippen molar-refractivity contribution < 1.29 is 13.9 Å². The van der Waals surface area contributed by atoms with E-state index in [-0.39, 0.29) is 19.1 Å². The number of aliphatic hydroxyl groups is 1. The molecule has 5 rings (SSSR count). The Balaban J connectivity index is 0.000000458. The molecule has 2 atom stereocenters. The van der Waals surface area contributed by atoms with E-state index in [4.69, 9.17) is 0 Å². The first-order valence-electron chi connectivity index (χ1n) is 10.6. The second-order valence-corrected chi connectivity index (χ2v) is 9.11. The first kappa shape index (κ1) is 20.4. The number of aromatic nitrogens is 3. The van der Waals surface area contributed by atoms with Crippen LogP contribution in [0.15, 0.2) is 17.3 Å². The molecule has 0 aromatic carbocycles. The molecule has 0 spiro atoms. The van der Waals surface area contributed by atoms with Crippen LogP contribution < -0.4 is 0 Å². The van der Waals surface area contributed by atoms with Crippen LogP contribution >= 0.6 is 0 Å². The van der Waals surface area contributed by atoms with Gasteiger partial charge in [-0.2, -0.15) is 0 Å². The van der Waals surface area contributed by atoms with Crippen LogP contribution in [0, 0.1) is 5.92 Å². The van der Waals surface area contributed by atoms with Gasteiger partial charge in [0.15, 0.2) is 5.65 Å². The third kappa shape index (κ3) is 3.93. The largest absolute Gasteiger partial charge is 0.394 e. The molecule has 0 radical (unpaired) electrons. The van der Waals surface area contributed by atoms with E-state index in [1.807, 2.05) is 0 Å². The normalized spacial score (nSPS) is 28.3. The highest BCUT2D eigenvalue weighted by atomic mass is 19.3. The summed E-state index contributed by atoms with van der Waals surface area (Å²) in [5, 5.41) is 9.43. The van der Waals surface area contributed by atoms with Crippen LogP contribution in [0.3, 0.4) is 0 Å². The predicted octanol–water partition coefficient (Wildman–Crippen LogP) is 4.41. The van der Waals surface area contributed by atoms with Crippen molar-refractivity contribution in [2.75, 3.05) is 6.61 Å². The van der Waals surface area contributed by atoms with Gasteiger partial charge in [0, 0.05) is 19.2 Å². The molecule has 0 saturated heterocycles. The second-order valence-electron chi connectivity index (χ2n) is 9.11. The summed E-state index contributed by atoms with van der Waals surface area (Å²) in [5.41, 5.74) is 2.18. The molecule has 158 valence electrons. The molecule has 5 nitrogen and oxygen atoms in total. The number of rotatable bonds is 3. The summed E-state index contributed by atoms with van der Waals surface area (Å²) in [6, 6.07) is 1.63. The van der Waals surface area contributed by atoms with Crippen molar-refractivity contribution in [3.63, 3.8) is 0 Å². The zero-order chi connectivity index (χ0) is 20.8. The maximum absolute atomic E-state index is 13.8. The molecule has 0 bridgehead atoms. The Kier molecular flexibility index (Phi) is 5.21. The van der Waals surface area contributed by atoms with E-state index in [0.29, 0.717) is 22.6 Å². The number of fused-ring (bicyclic) bond motifs is 1. The summed E-state index contributed by atoms with van der Waals surface area (Å²) >= 11 is 0. The van der Waals surface area contributed by atoms with Crippen LogP contribution in [0.25, 0.3) is 11.2 Å². The second kappa shape index (κ2) is 7.42. The Morgan fingerprint density at radius 1 is 1.24 bits per heavy atom. The molecule has 7 heteroatoms. The van der Waals surface area contributed by atoms with E-state index >= 15 is 0 Å². The molecule has 29 heavy (non-hydrogen) atoms. The maximum Gasteiger partial charge on any atom is 0.260 e. The summed E-state index contributed by atoms with van der Waals surface area (Å²) in [6.07, 6.45) is 8.19. The van der Waals surface area contributed by atoms with Gasteiger partial charge in [0.2, 0.25) is 0 Å². The van der Waals surface area contributed by atoms with Crippen LogP contribution in [-0.2, 0) is 12.5 Å². The van der Waals surface area contributed by atoms with Gasteiger partial charge < -0.3 is 9.67 Å². The van der Waals surface area contributed by atoms with Gasteiger partial charge in [0.1, 0.15) is 11.2 Å². The van der Waals surface area contributed by atoms with E-state index in [0.717, 1.165) is 37.3 Å². The van der Waals surface area contributed by atoms with Gasteiger partial charge in [-0.15, -0.1) is 0 Å². The van der Waals surface area contributed by atoms with E-state index in [1.54, 1.807) is 30.8 Å². The first-order valence-corrected chi connectivity index (χ1v) is 10.6. The number of hydrogen-bond donors (Lipinski definition) is 1. The zero-order valence-electron chi connectivity index (χ0n) is 17.5. The Morgan fingerprint density at radius 3 is 2.52 bits per heavy atom. The van der Waals surface area contributed by atoms with Gasteiger partial charge in [-0.3, -0.25) is 9.98 Å². The fourth-order valence-electron chi connectivity index (χ4n) is 3.94. The van der Waals surface area contributed by atoms with Crippen molar-refractivity contribution in [2.45, 2.75) is 76.2 Å². The molecule has 2 aromatic rings. The van der Waals surface area contributed by atoms with Crippen molar-refractivity contribution in [2.24, 2.45) is 18.0 Å². The van der Waals surface area contributed by atoms with E-state index in [1.165, 1.54) is 12.8 Å². The highest BCUT2D eigenvalue weighted by Gasteiger charge is 2.70. The maximum atomic E-state index is 13.8. The third-order valence-corrected chi connectivity index (χ3v) is 6.47. The monoisotopic (exact) mass is 404 g/mol. The molecule has 1 N–H and O–H groups in total. The highest BCUT2D eigenvalue weighted by Crippen LogP contribution is 2.61. The SMILES string of the molecule is CC1CC1.Cn1c(C2(C)CC2(F)F)cc2ncc(C3=NC(CO)CCCC3)nc21. The summed E-state index contributed by atoms with van der Waals surface area (Å²) in [7, 11) is 1.77. The quantitative estimate of drug-likeness (QED) is 0.824. The lowest BCUT2D eigenvalue weighted by molar-refractivity contribution is 0.0904. The molecule has 3 heterocycles. The van der Waals surface area contributed by atoms with Crippen molar-refractivity contribution in [1.82, 2.24) is 14.5 Å². The molecular formula is C22H30F2N4O. The predicted molar refractivity (Wildman–Crippen MR) is 110 cm³/mol. The Labute approximate surface area is 170 Å². The minimum absolute atomic E-state index is 0.0287. The average molecular weight is 405 g/mol. The molecule has 2 unspecified atom stereocenters. The molecule has 2 saturated carbocycles. The Hall–Kier alpha value is -1.89. The van der Waals surface area contributed by atoms with Crippen LogP contribution in [0.4, 0.5) is 8.78 Å². The van der Waals surface area contributed by atoms with Crippen LogP contribution in [-0.4, -0.2) is 43.9 Å². The molecule has 2 fully saturated rings. The summed E-state index contributed by atoms with van der Waals surface area (Å²) < 4.78 is 29.3. The van der Waals surface area contributed by atoms with Gasteiger partial charge >= 0.3 is 0 Å². The van der Waals surface area contributed by atoms with Gasteiger partial charge in [-0.25, -0.2) is 13.8 Å². The summed E-state index contributed by atoms with van der Waals surface area (Å²) in [5.74, 6) is -1.59. The van der Waals surface area contributed by atoms with Crippen molar-refractivity contribution in [1.29, 1.82) is 0 Å². The molecular weight excluding hydrogens is 374 g/mol. The van der Waals surface area contributed by atoms with E-state index in [9.17, 15) is 13.9 Å². The molecule has 2 aromatic heterocycles. The van der Waals surface area contributed by atoms with Crippen LogP contribution in [0.5, 0.6) is 0 Å². The lowest BCUT2D eigenvalue weighted by Crippen LogP contribution is -2.16. The molecule has 3 aliphatic rings. The van der Waals surface area contributed by atoms with E-state index < -0.39 is 11.3 Å². The number of halogens is 2. The Morgan fingerprint density at radius 2 is 1.93 bits per heavy atom.